The summed E-state index contributed by atoms with van der Waals surface area (Å²) in [5, 5.41) is 29.5. The fraction of sp³-hybridized carbons (Fsp3) is 0.241. The normalized spacial score (nSPS) is 13.1. The van der Waals surface area contributed by atoms with Crippen LogP contribution in [0.1, 0.15) is 0 Å². The molecule has 0 atom stereocenters. The number of anilines is 1. The minimum Gasteiger partial charge on any atom is -0.506 e. The lowest BCUT2D eigenvalue weighted by Gasteiger charge is -2.15. The van der Waals surface area contributed by atoms with Crippen LogP contribution in [0.4, 0.5) is 28.4 Å². The maximum absolute atomic E-state index is 12.9. The zero-order valence-electron chi connectivity index (χ0n) is 29.4. The first kappa shape index (κ1) is 44.8. The van der Waals surface area contributed by atoms with Crippen molar-refractivity contribution in [2.45, 2.75) is 14.7 Å². The van der Waals surface area contributed by atoms with Crippen molar-refractivity contribution in [1.29, 1.82) is 0 Å². The van der Waals surface area contributed by atoms with Crippen LogP contribution >= 0.6 is 0 Å². The third kappa shape index (κ3) is 11.4. The molecule has 0 aliphatic heterocycles. The summed E-state index contributed by atoms with van der Waals surface area (Å²) in [4.78, 5) is -1.74. The van der Waals surface area contributed by atoms with Crippen molar-refractivity contribution in [3.63, 3.8) is 0 Å². The zero-order chi connectivity index (χ0) is 42.6. The van der Waals surface area contributed by atoms with E-state index in [1.54, 1.807) is 0 Å². The number of hydrogen-bond acceptors (Lipinski definition) is 20. The molecule has 0 bridgehead atoms. The number of nitrogens with zero attached hydrogens (tertiary/aromatic N) is 4. The number of fused-ring (bicyclic) bond motifs is 1. The van der Waals surface area contributed by atoms with E-state index in [-0.39, 0.29) is 44.2 Å². The average molecular weight is 898 g/mol. The Morgan fingerprint density at radius 1 is 0.614 bits per heavy atom. The summed E-state index contributed by atoms with van der Waals surface area (Å²) < 4.78 is 166. The van der Waals surface area contributed by atoms with Crippen molar-refractivity contribution in [2.24, 2.45) is 20.5 Å². The van der Waals surface area contributed by atoms with Crippen molar-refractivity contribution in [3.8, 4) is 17.2 Å². The zero-order valence-corrected chi connectivity index (χ0v) is 33.4. The molecule has 4 aromatic carbocycles. The van der Waals surface area contributed by atoms with Gasteiger partial charge in [-0.3, -0.25) is 13.7 Å². The highest BCUT2D eigenvalue weighted by Crippen LogP contribution is 2.47. The molecule has 0 aliphatic carbocycles. The molecule has 5 N–H and O–H groups in total. The van der Waals surface area contributed by atoms with E-state index in [0.717, 1.165) is 43.5 Å². The van der Waals surface area contributed by atoms with E-state index in [4.69, 9.17) is 18.6 Å². The van der Waals surface area contributed by atoms with Crippen LogP contribution in [-0.4, -0.2) is 107 Å². The van der Waals surface area contributed by atoms with Gasteiger partial charge in [-0.1, -0.05) is 0 Å². The molecule has 28 heteroatoms. The average Bonchev–Trinajstić information content (AvgIpc) is 3.10. The van der Waals surface area contributed by atoms with Gasteiger partial charge in [0.25, 0.3) is 10.1 Å². The summed E-state index contributed by atoms with van der Waals surface area (Å²) in [6.45, 7) is -1.84. The standard InChI is InChI=1S/C29H31N5O18S5/c1-30-22-8-6-19-20(27(22)33-32-23-14-17(5-9-25(23)49-2)53(36,37)12-10-51-56(43,44)45)16-26(55(40,41)42)28(29(19)50-3)34-31-21-7-4-18(15-24(21)35)54(38,39)13-11-52-57(46,47)48/h4-9,14-16,30,35H,10-13H2,1-3H3,(H,40,41,42)(H,43,44,45)(H,46,47,48)/b33-32+,34-31+. The third-order valence-electron chi connectivity index (χ3n) is 7.44. The molecule has 0 aromatic heterocycles. The van der Waals surface area contributed by atoms with Gasteiger partial charge in [-0.15, -0.1) is 20.5 Å². The first-order valence-electron chi connectivity index (χ1n) is 15.3. The summed E-state index contributed by atoms with van der Waals surface area (Å²) in [5.74, 6) is -2.81. The lowest BCUT2D eigenvalue weighted by Crippen LogP contribution is -2.15. The number of rotatable bonds is 18. The lowest BCUT2D eigenvalue weighted by molar-refractivity contribution is 0.282. The molecular weight excluding hydrogens is 867 g/mol. The molecular formula is C29H31N5O18S5. The summed E-state index contributed by atoms with van der Waals surface area (Å²) >= 11 is 0. The smallest absolute Gasteiger partial charge is 0.397 e. The summed E-state index contributed by atoms with van der Waals surface area (Å²) in [5.41, 5.74) is -0.973. The van der Waals surface area contributed by atoms with Gasteiger partial charge in [-0.25, -0.2) is 25.2 Å². The predicted octanol–water partition coefficient (Wildman–Crippen LogP) is 3.87. The van der Waals surface area contributed by atoms with Crippen LogP contribution in [-0.2, 0) is 59.0 Å². The van der Waals surface area contributed by atoms with Crippen LogP contribution in [0.3, 0.4) is 0 Å². The first-order chi connectivity index (χ1) is 26.4. The van der Waals surface area contributed by atoms with Crippen molar-refractivity contribution in [1.82, 2.24) is 0 Å². The number of phenols is 1. The van der Waals surface area contributed by atoms with Crippen molar-refractivity contribution in [3.05, 3.63) is 54.6 Å². The second-order valence-electron chi connectivity index (χ2n) is 11.1. The number of hydrogen-bond donors (Lipinski definition) is 5. The molecule has 0 unspecified atom stereocenters. The van der Waals surface area contributed by atoms with Crippen LogP contribution in [0.2, 0.25) is 0 Å². The quantitative estimate of drug-likeness (QED) is 0.0699. The van der Waals surface area contributed by atoms with E-state index in [9.17, 15) is 51.7 Å². The fourth-order valence-electron chi connectivity index (χ4n) is 4.86. The number of ether oxygens (including phenoxy) is 2. The maximum atomic E-state index is 12.9. The number of nitrogens with one attached hydrogen (secondary N) is 1. The Labute approximate surface area is 325 Å². The minimum absolute atomic E-state index is 0.0190. The Morgan fingerprint density at radius 2 is 1.16 bits per heavy atom. The highest BCUT2D eigenvalue weighted by molar-refractivity contribution is 7.91. The summed E-state index contributed by atoms with van der Waals surface area (Å²) in [6, 6.07) is 10.00. The molecule has 0 amide bonds. The van der Waals surface area contributed by atoms with Crippen LogP contribution in [0.15, 0.2) is 89.7 Å². The van der Waals surface area contributed by atoms with Gasteiger partial charge in [0.15, 0.2) is 25.4 Å². The van der Waals surface area contributed by atoms with E-state index >= 15 is 0 Å². The fourth-order valence-corrected chi connectivity index (χ4v) is 8.52. The largest absolute Gasteiger partial charge is 0.506 e. The molecule has 310 valence electrons. The topological polar surface area (TPSA) is 350 Å². The van der Waals surface area contributed by atoms with Crippen LogP contribution in [0.25, 0.3) is 10.8 Å². The van der Waals surface area contributed by atoms with Gasteiger partial charge in [0.05, 0.1) is 54.4 Å². The highest BCUT2D eigenvalue weighted by atomic mass is 32.3. The van der Waals surface area contributed by atoms with E-state index < -0.39 is 102 Å². The number of phenolic OH excluding ortho intramolecular Hbond substituents is 1. The Kier molecular flexibility index (Phi) is 13.6. The molecule has 0 fully saturated rings. The molecule has 4 aromatic rings. The van der Waals surface area contributed by atoms with Gasteiger partial charge in [-0.2, -0.15) is 25.3 Å². The molecule has 0 radical (unpaired) electrons. The van der Waals surface area contributed by atoms with E-state index in [2.05, 4.69) is 34.1 Å². The summed E-state index contributed by atoms with van der Waals surface area (Å²) in [7, 11) is -19.6. The third-order valence-corrected chi connectivity index (χ3v) is 12.6. The highest BCUT2D eigenvalue weighted by Gasteiger charge is 2.26. The van der Waals surface area contributed by atoms with Gasteiger partial charge < -0.3 is 19.9 Å². The van der Waals surface area contributed by atoms with E-state index in [0.29, 0.717) is 0 Å². The van der Waals surface area contributed by atoms with E-state index in [1.807, 2.05) is 0 Å². The molecule has 0 spiro atoms. The Bertz CT molecular complexity index is 2830. The number of benzene rings is 4. The van der Waals surface area contributed by atoms with Gasteiger partial charge in [0.2, 0.25) is 0 Å². The molecule has 0 saturated heterocycles. The van der Waals surface area contributed by atoms with Gasteiger partial charge in [-0.05, 0) is 48.5 Å². The SMILES string of the molecule is CNc1ccc2c(OC)c(/N=N/c3ccc(S(=O)(=O)CCOS(=O)(=O)O)cc3O)c(S(=O)(=O)O)cc2c1/N=N/c1cc(S(=O)(=O)CCOS(=O)(=O)O)ccc1OC. The molecule has 0 saturated carbocycles. The molecule has 0 aliphatic rings. The van der Waals surface area contributed by atoms with Crippen LogP contribution < -0.4 is 14.8 Å². The number of azo groups is 2. The first-order valence-corrected chi connectivity index (χ1v) is 22.7. The van der Waals surface area contributed by atoms with E-state index in [1.165, 1.54) is 32.4 Å². The van der Waals surface area contributed by atoms with Gasteiger partial charge >= 0.3 is 20.8 Å². The molecule has 57 heavy (non-hydrogen) atoms. The van der Waals surface area contributed by atoms with Crippen molar-refractivity contribution < 1.29 is 78.7 Å². The van der Waals surface area contributed by atoms with Gasteiger partial charge in [0.1, 0.15) is 39.1 Å². The van der Waals surface area contributed by atoms with Gasteiger partial charge in [0, 0.05) is 23.9 Å². The number of sulfone groups is 2. The Morgan fingerprint density at radius 3 is 1.67 bits per heavy atom. The summed E-state index contributed by atoms with van der Waals surface area (Å²) in [6.07, 6.45) is 0. The Hall–Kier alpha value is -4.91. The Balaban J connectivity index is 1.82. The second kappa shape index (κ2) is 17.3. The molecule has 23 nitrogen and oxygen atoms in total. The number of methoxy groups -OCH3 is 2. The predicted molar refractivity (Wildman–Crippen MR) is 198 cm³/mol. The molecule has 4 rings (SSSR count). The second-order valence-corrected chi connectivity index (χ2v) is 18.9. The lowest BCUT2D eigenvalue weighted by atomic mass is 10.0. The molecule has 0 heterocycles. The minimum atomic E-state index is -5.16. The van der Waals surface area contributed by atoms with Crippen LogP contribution in [0, 0.1) is 0 Å². The van der Waals surface area contributed by atoms with Crippen LogP contribution in [0.5, 0.6) is 17.2 Å². The maximum Gasteiger partial charge on any atom is 0.397 e. The van der Waals surface area contributed by atoms with Crippen molar-refractivity contribution >= 4 is 89.8 Å². The number of aromatic hydroxyl groups is 1. The monoisotopic (exact) mass is 897 g/mol. The van der Waals surface area contributed by atoms with Crippen molar-refractivity contribution in [2.75, 3.05) is 51.3 Å².